The average Bonchev–Trinajstić information content (AvgIpc) is 2.79. The van der Waals surface area contributed by atoms with E-state index in [0.717, 1.165) is 10.6 Å². The lowest BCUT2D eigenvalue weighted by atomic mass is 9.97. The van der Waals surface area contributed by atoms with Gasteiger partial charge in [-0.3, -0.25) is 4.79 Å². The highest BCUT2D eigenvalue weighted by Crippen LogP contribution is 2.14. The molecule has 0 aromatic carbocycles. The van der Waals surface area contributed by atoms with E-state index in [1.54, 1.807) is 12.6 Å². The molecular weight excluding hydrogens is 290 g/mol. The van der Waals surface area contributed by atoms with Crippen molar-refractivity contribution in [2.75, 3.05) is 13.6 Å². The SMILES string of the molecule is Cc1ncsc1CN(C)C(=O)NCC(CC(C)C)C(=O)O. The van der Waals surface area contributed by atoms with E-state index in [2.05, 4.69) is 10.3 Å². The molecule has 0 bridgehead atoms. The third-order valence-corrected chi connectivity index (χ3v) is 4.10. The van der Waals surface area contributed by atoms with Crippen molar-refractivity contribution in [3.63, 3.8) is 0 Å². The molecule has 0 aliphatic heterocycles. The number of aromatic nitrogens is 1. The largest absolute Gasteiger partial charge is 0.481 e. The maximum Gasteiger partial charge on any atom is 0.317 e. The van der Waals surface area contributed by atoms with Gasteiger partial charge in [0.15, 0.2) is 0 Å². The number of rotatable bonds is 7. The molecule has 2 amide bonds. The fraction of sp³-hybridized carbons (Fsp3) is 0.643. The zero-order chi connectivity index (χ0) is 16.0. The molecular formula is C14H23N3O3S. The number of nitrogens with zero attached hydrogens (tertiary/aromatic N) is 2. The Hall–Kier alpha value is -1.63. The zero-order valence-electron chi connectivity index (χ0n) is 12.9. The number of carboxylic acid groups (broad SMARTS) is 1. The number of urea groups is 1. The molecule has 0 radical (unpaired) electrons. The smallest absolute Gasteiger partial charge is 0.317 e. The van der Waals surface area contributed by atoms with E-state index in [1.165, 1.54) is 16.2 Å². The predicted molar refractivity (Wildman–Crippen MR) is 82.3 cm³/mol. The number of aryl methyl sites for hydroxylation is 1. The van der Waals surface area contributed by atoms with Gasteiger partial charge in [-0.05, 0) is 19.3 Å². The van der Waals surface area contributed by atoms with Crippen LogP contribution < -0.4 is 5.32 Å². The molecule has 0 saturated carbocycles. The van der Waals surface area contributed by atoms with Gasteiger partial charge in [0, 0.05) is 18.5 Å². The highest BCUT2D eigenvalue weighted by molar-refractivity contribution is 7.09. The Balaban J connectivity index is 2.48. The van der Waals surface area contributed by atoms with Gasteiger partial charge in [-0.25, -0.2) is 9.78 Å². The van der Waals surface area contributed by atoms with Crippen molar-refractivity contribution < 1.29 is 14.7 Å². The van der Waals surface area contributed by atoms with Gasteiger partial charge in [-0.15, -0.1) is 11.3 Å². The number of carbonyl (C=O) groups is 2. The van der Waals surface area contributed by atoms with Crippen LogP contribution in [-0.2, 0) is 11.3 Å². The summed E-state index contributed by atoms with van der Waals surface area (Å²) >= 11 is 1.51. The average molecular weight is 313 g/mol. The van der Waals surface area contributed by atoms with Gasteiger partial charge in [0.2, 0.25) is 0 Å². The van der Waals surface area contributed by atoms with Crippen LogP contribution in [0, 0.1) is 18.8 Å². The minimum atomic E-state index is -0.870. The second kappa shape index (κ2) is 7.97. The molecule has 118 valence electrons. The fourth-order valence-electron chi connectivity index (χ4n) is 1.95. The van der Waals surface area contributed by atoms with E-state index >= 15 is 0 Å². The first-order chi connectivity index (χ1) is 9.81. The van der Waals surface area contributed by atoms with Gasteiger partial charge >= 0.3 is 12.0 Å². The van der Waals surface area contributed by atoms with Crippen LogP contribution in [0.3, 0.4) is 0 Å². The Morgan fingerprint density at radius 2 is 2.14 bits per heavy atom. The van der Waals surface area contributed by atoms with Crippen molar-refractivity contribution in [3.05, 3.63) is 16.1 Å². The first kappa shape index (κ1) is 17.4. The fourth-order valence-corrected chi connectivity index (χ4v) is 2.78. The third kappa shape index (κ3) is 5.71. The van der Waals surface area contributed by atoms with Gasteiger partial charge in [-0.1, -0.05) is 13.8 Å². The van der Waals surface area contributed by atoms with E-state index in [0.29, 0.717) is 13.0 Å². The van der Waals surface area contributed by atoms with Crippen molar-refractivity contribution in [1.29, 1.82) is 0 Å². The van der Waals surface area contributed by atoms with Crippen LogP contribution in [-0.4, -0.2) is 40.6 Å². The lowest BCUT2D eigenvalue weighted by molar-refractivity contribution is -0.142. The number of amides is 2. The quantitative estimate of drug-likeness (QED) is 0.809. The molecule has 1 aromatic heterocycles. The molecule has 0 saturated heterocycles. The molecule has 7 heteroatoms. The summed E-state index contributed by atoms with van der Waals surface area (Å²) < 4.78 is 0. The van der Waals surface area contributed by atoms with Gasteiger partial charge in [-0.2, -0.15) is 0 Å². The van der Waals surface area contributed by atoms with Crippen molar-refractivity contribution in [2.24, 2.45) is 11.8 Å². The van der Waals surface area contributed by atoms with Gasteiger partial charge in [0.1, 0.15) is 0 Å². The van der Waals surface area contributed by atoms with Crippen LogP contribution in [0.4, 0.5) is 4.79 Å². The number of carbonyl (C=O) groups excluding carboxylic acids is 1. The minimum absolute atomic E-state index is 0.151. The molecule has 1 heterocycles. The normalized spacial score (nSPS) is 12.2. The summed E-state index contributed by atoms with van der Waals surface area (Å²) in [4.78, 5) is 29.9. The summed E-state index contributed by atoms with van der Waals surface area (Å²) in [5.41, 5.74) is 2.67. The number of hydrogen-bond donors (Lipinski definition) is 2. The number of hydrogen-bond acceptors (Lipinski definition) is 4. The van der Waals surface area contributed by atoms with Gasteiger partial charge in [0.25, 0.3) is 0 Å². The molecule has 0 fully saturated rings. The van der Waals surface area contributed by atoms with E-state index in [9.17, 15) is 9.59 Å². The van der Waals surface area contributed by atoms with E-state index in [1.807, 2.05) is 20.8 Å². The summed E-state index contributed by atoms with van der Waals surface area (Å²) in [6, 6.07) is -0.266. The topological polar surface area (TPSA) is 82.5 Å². The van der Waals surface area contributed by atoms with E-state index in [-0.39, 0.29) is 18.5 Å². The molecule has 0 aliphatic rings. The third-order valence-electron chi connectivity index (χ3n) is 3.18. The summed E-state index contributed by atoms with van der Waals surface area (Å²) in [5, 5.41) is 11.8. The Morgan fingerprint density at radius 3 is 2.62 bits per heavy atom. The first-order valence-corrected chi connectivity index (χ1v) is 7.80. The molecule has 0 aliphatic carbocycles. The molecule has 1 atom stereocenters. The molecule has 1 unspecified atom stereocenters. The van der Waals surface area contributed by atoms with Crippen LogP contribution in [0.2, 0.25) is 0 Å². The van der Waals surface area contributed by atoms with Crippen molar-refractivity contribution in [2.45, 2.75) is 33.7 Å². The maximum atomic E-state index is 12.0. The minimum Gasteiger partial charge on any atom is -0.481 e. The highest BCUT2D eigenvalue weighted by Gasteiger charge is 2.20. The summed E-state index contributed by atoms with van der Waals surface area (Å²) in [5.74, 6) is -1.14. The maximum absolute atomic E-state index is 12.0. The number of carboxylic acids is 1. The molecule has 0 spiro atoms. The molecule has 21 heavy (non-hydrogen) atoms. The summed E-state index contributed by atoms with van der Waals surface area (Å²) in [7, 11) is 1.69. The Morgan fingerprint density at radius 1 is 1.48 bits per heavy atom. The lowest BCUT2D eigenvalue weighted by Crippen LogP contribution is -2.41. The second-order valence-electron chi connectivity index (χ2n) is 5.57. The van der Waals surface area contributed by atoms with Crippen LogP contribution in [0.25, 0.3) is 0 Å². The molecule has 6 nitrogen and oxygen atoms in total. The summed E-state index contributed by atoms with van der Waals surface area (Å²) in [6.07, 6.45) is 0.549. The zero-order valence-corrected chi connectivity index (χ0v) is 13.7. The van der Waals surface area contributed by atoms with Crippen LogP contribution in [0.5, 0.6) is 0 Å². The monoisotopic (exact) mass is 313 g/mol. The molecule has 1 rings (SSSR count). The Kier molecular flexibility index (Phi) is 6.61. The Bertz CT molecular complexity index is 488. The standard InChI is InChI=1S/C14H23N3O3S/c1-9(2)5-11(13(18)19)6-15-14(20)17(4)7-12-10(3)16-8-21-12/h8-9,11H,5-7H2,1-4H3,(H,15,20)(H,18,19). The lowest BCUT2D eigenvalue weighted by Gasteiger charge is -2.20. The second-order valence-corrected chi connectivity index (χ2v) is 6.51. The van der Waals surface area contributed by atoms with Crippen molar-refractivity contribution >= 4 is 23.3 Å². The van der Waals surface area contributed by atoms with E-state index in [4.69, 9.17) is 5.11 Å². The van der Waals surface area contributed by atoms with Crippen LogP contribution in [0.1, 0.15) is 30.8 Å². The first-order valence-electron chi connectivity index (χ1n) is 6.92. The highest BCUT2D eigenvalue weighted by atomic mass is 32.1. The predicted octanol–water partition coefficient (Wildman–Crippen LogP) is 2.34. The molecule has 1 aromatic rings. The number of aliphatic carboxylic acids is 1. The number of nitrogens with one attached hydrogen (secondary N) is 1. The van der Waals surface area contributed by atoms with Crippen molar-refractivity contribution in [1.82, 2.24) is 15.2 Å². The van der Waals surface area contributed by atoms with Crippen LogP contribution in [0.15, 0.2) is 5.51 Å². The number of thiazole rings is 1. The Labute approximate surface area is 129 Å². The van der Waals surface area contributed by atoms with Gasteiger partial charge in [0.05, 0.1) is 23.7 Å². The van der Waals surface area contributed by atoms with Gasteiger partial charge < -0.3 is 15.3 Å². The summed E-state index contributed by atoms with van der Waals surface area (Å²) in [6.45, 7) is 6.47. The molecule has 2 N–H and O–H groups in total. The van der Waals surface area contributed by atoms with Crippen molar-refractivity contribution in [3.8, 4) is 0 Å². The van der Waals surface area contributed by atoms with Crippen LogP contribution >= 0.6 is 11.3 Å². The van der Waals surface area contributed by atoms with E-state index < -0.39 is 11.9 Å².